The van der Waals surface area contributed by atoms with E-state index < -0.39 is 5.91 Å². The molecule has 5 nitrogen and oxygen atoms in total. The van der Waals surface area contributed by atoms with Crippen LogP contribution in [0.3, 0.4) is 0 Å². The van der Waals surface area contributed by atoms with Crippen LogP contribution in [0, 0.1) is 6.92 Å². The minimum Gasteiger partial charge on any atom is -0.398 e. The smallest absolute Gasteiger partial charge is 0.256 e. The average Bonchev–Trinajstić information content (AvgIpc) is 2.36. The number of unbranched alkanes of at least 4 members (excludes halogenated alkanes) is 1. The summed E-state index contributed by atoms with van der Waals surface area (Å²) in [5.74, 6) is -0.760. The predicted molar refractivity (Wildman–Crippen MR) is 75.6 cm³/mol. The van der Waals surface area contributed by atoms with Crippen LogP contribution in [0.5, 0.6) is 0 Å². The topological polar surface area (TPSA) is 89.4 Å². The summed E-state index contributed by atoms with van der Waals surface area (Å²) in [6.45, 7) is 4.34. The van der Waals surface area contributed by atoms with Gasteiger partial charge in [-0.05, 0) is 25.5 Å². The van der Waals surface area contributed by atoms with Gasteiger partial charge in [-0.3, -0.25) is 9.59 Å². The summed E-state index contributed by atoms with van der Waals surface area (Å²) in [5, 5.41) is 0. The number of aryl methyl sites for hydroxylation is 1. The van der Waals surface area contributed by atoms with E-state index in [9.17, 15) is 9.59 Å². The van der Waals surface area contributed by atoms with Crippen molar-refractivity contribution in [2.75, 3.05) is 18.8 Å². The highest BCUT2D eigenvalue weighted by Crippen LogP contribution is 2.16. The molecule has 0 fully saturated rings. The van der Waals surface area contributed by atoms with Crippen LogP contribution < -0.4 is 11.5 Å². The Morgan fingerprint density at radius 1 is 1.32 bits per heavy atom. The van der Waals surface area contributed by atoms with Crippen LogP contribution >= 0.6 is 0 Å². The molecule has 0 spiro atoms. The zero-order chi connectivity index (χ0) is 14.4. The number of rotatable bonds is 6. The molecule has 0 aliphatic rings. The van der Waals surface area contributed by atoms with Gasteiger partial charge in [0.1, 0.15) is 0 Å². The number of carbonyl (C=O) groups is 2. The van der Waals surface area contributed by atoms with Crippen LogP contribution in [0.2, 0.25) is 0 Å². The van der Waals surface area contributed by atoms with Gasteiger partial charge in [-0.2, -0.15) is 0 Å². The molecule has 19 heavy (non-hydrogen) atoms. The van der Waals surface area contributed by atoms with E-state index in [1.54, 1.807) is 12.1 Å². The van der Waals surface area contributed by atoms with Gasteiger partial charge in [0, 0.05) is 12.2 Å². The highest BCUT2D eigenvalue weighted by Gasteiger charge is 2.19. The molecular weight excluding hydrogens is 242 g/mol. The number of hydrogen-bond acceptors (Lipinski definition) is 3. The molecule has 2 amide bonds. The summed E-state index contributed by atoms with van der Waals surface area (Å²) in [4.78, 5) is 24.9. The fourth-order valence-electron chi connectivity index (χ4n) is 1.82. The monoisotopic (exact) mass is 263 g/mol. The van der Waals surface area contributed by atoms with Gasteiger partial charge >= 0.3 is 0 Å². The van der Waals surface area contributed by atoms with Crippen LogP contribution in [0.25, 0.3) is 0 Å². The van der Waals surface area contributed by atoms with Gasteiger partial charge in [0.15, 0.2) is 0 Å². The Labute approximate surface area is 113 Å². The van der Waals surface area contributed by atoms with E-state index in [1.807, 2.05) is 19.9 Å². The number of benzene rings is 1. The van der Waals surface area contributed by atoms with Crippen LogP contribution in [0.1, 0.15) is 35.7 Å². The number of anilines is 1. The third-order valence-corrected chi connectivity index (χ3v) is 2.85. The second kappa shape index (κ2) is 6.78. The molecule has 0 bridgehead atoms. The molecule has 1 aromatic rings. The van der Waals surface area contributed by atoms with E-state index >= 15 is 0 Å². The molecule has 4 N–H and O–H groups in total. The zero-order valence-corrected chi connectivity index (χ0v) is 11.5. The molecule has 0 aliphatic heterocycles. The molecule has 0 saturated heterocycles. The highest BCUT2D eigenvalue weighted by atomic mass is 16.2. The molecule has 0 atom stereocenters. The van der Waals surface area contributed by atoms with Crippen LogP contribution in [-0.4, -0.2) is 29.8 Å². The summed E-state index contributed by atoms with van der Waals surface area (Å²) in [5.41, 5.74) is 12.8. The van der Waals surface area contributed by atoms with Gasteiger partial charge in [0.25, 0.3) is 5.91 Å². The van der Waals surface area contributed by atoms with Gasteiger partial charge in [0.05, 0.1) is 12.1 Å². The summed E-state index contributed by atoms with van der Waals surface area (Å²) in [7, 11) is 0. The standard InChI is InChI=1S/C14H21N3O2/c1-3-4-7-17(9-13(16)18)14(19)11-8-10(2)5-6-12(11)15/h5-6,8H,3-4,7,9,15H2,1-2H3,(H2,16,18). The summed E-state index contributed by atoms with van der Waals surface area (Å²) < 4.78 is 0. The maximum atomic E-state index is 12.4. The van der Waals surface area contributed by atoms with Crippen molar-refractivity contribution in [3.8, 4) is 0 Å². The Morgan fingerprint density at radius 3 is 2.58 bits per heavy atom. The number of primary amides is 1. The molecular formula is C14H21N3O2. The van der Waals surface area contributed by atoms with Gasteiger partial charge in [-0.25, -0.2) is 0 Å². The van der Waals surface area contributed by atoms with Gasteiger partial charge in [-0.15, -0.1) is 0 Å². The first-order valence-electron chi connectivity index (χ1n) is 6.39. The molecule has 0 saturated carbocycles. The Balaban J connectivity index is 2.97. The van der Waals surface area contributed by atoms with Gasteiger partial charge in [0.2, 0.25) is 5.91 Å². The first-order valence-corrected chi connectivity index (χ1v) is 6.39. The minimum absolute atomic E-state index is 0.0772. The maximum absolute atomic E-state index is 12.4. The Bertz CT molecular complexity index is 472. The minimum atomic E-state index is -0.518. The van der Waals surface area contributed by atoms with E-state index in [4.69, 9.17) is 11.5 Å². The fourth-order valence-corrected chi connectivity index (χ4v) is 1.82. The lowest BCUT2D eigenvalue weighted by atomic mass is 10.1. The lowest BCUT2D eigenvalue weighted by Crippen LogP contribution is -2.39. The Morgan fingerprint density at radius 2 is 2.00 bits per heavy atom. The third-order valence-electron chi connectivity index (χ3n) is 2.85. The van der Waals surface area contributed by atoms with E-state index in [-0.39, 0.29) is 12.5 Å². The number of nitrogens with zero attached hydrogens (tertiary/aromatic N) is 1. The van der Waals surface area contributed by atoms with Crippen molar-refractivity contribution in [3.63, 3.8) is 0 Å². The van der Waals surface area contributed by atoms with Crippen LogP contribution in [0.4, 0.5) is 5.69 Å². The van der Waals surface area contributed by atoms with Gasteiger partial charge in [-0.1, -0.05) is 25.0 Å². The molecule has 0 unspecified atom stereocenters. The quantitative estimate of drug-likeness (QED) is 0.758. The van der Waals surface area contributed by atoms with E-state index in [1.165, 1.54) is 4.90 Å². The van der Waals surface area contributed by atoms with Crippen molar-refractivity contribution in [2.45, 2.75) is 26.7 Å². The SMILES string of the molecule is CCCCN(CC(N)=O)C(=O)c1cc(C)ccc1N. The molecule has 0 aromatic heterocycles. The molecule has 1 aromatic carbocycles. The summed E-state index contributed by atoms with van der Waals surface area (Å²) >= 11 is 0. The number of amides is 2. The summed E-state index contributed by atoms with van der Waals surface area (Å²) in [6, 6.07) is 5.28. The van der Waals surface area contributed by atoms with E-state index in [2.05, 4.69) is 0 Å². The molecule has 0 aliphatic carbocycles. The third kappa shape index (κ3) is 4.28. The largest absolute Gasteiger partial charge is 0.398 e. The maximum Gasteiger partial charge on any atom is 0.256 e. The zero-order valence-electron chi connectivity index (χ0n) is 11.5. The number of nitrogen functional groups attached to an aromatic ring is 1. The normalized spacial score (nSPS) is 10.2. The van der Waals surface area contributed by atoms with Crippen LogP contribution in [-0.2, 0) is 4.79 Å². The predicted octanol–water partition coefficient (Wildman–Crippen LogP) is 1.30. The number of hydrogen-bond donors (Lipinski definition) is 2. The molecule has 104 valence electrons. The molecule has 0 radical (unpaired) electrons. The number of nitrogens with two attached hydrogens (primary N) is 2. The Kier molecular flexibility index (Phi) is 5.36. The first kappa shape index (κ1) is 15.0. The second-order valence-corrected chi connectivity index (χ2v) is 4.64. The van der Waals surface area contributed by atoms with Crippen molar-refractivity contribution >= 4 is 17.5 Å². The molecule has 1 rings (SSSR count). The molecule has 5 heteroatoms. The highest BCUT2D eigenvalue weighted by molar-refractivity contribution is 6.00. The summed E-state index contributed by atoms with van der Waals surface area (Å²) in [6.07, 6.45) is 1.76. The van der Waals surface area contributed by atoms with Crippen molar-refractivity contribution < 1.29 is 9.59 Å². The van der Waals surface area contributed by atoms with E-state index in [0.29, 0.717) is 17.8 Å². The number of carbonyl (C=O) groups excluding carboxylic acids is 2. The molecule has 0 heterocycles. The van der Waals surface area contributed by atoms with Crippen molar-refractivity contribution in [2.24, 2.45) is 5.73 Å². The van der Waals surface area contributed by atoms with Crippen molar-refractivity contribution in [3.05, 3.63) is 29.3 Å². The second-order valence-electron chi connectivity index (χ2n) is 4.64. The first-order chi connectivity index (χ1) is 8.95. The van der Waals surface area contributed by atoms with Crippen molar-refractivity contribution in [1.29, 1.82) is 0 Å². The fraction of sp³-hybridized carbons (Fsp3) is 0.429. The van der Waals surface area contributed by atoms with Crippen molar-refractivity contribution in [1.82, 2.24) is 4.90 Å². The lowest BCUT2D eigenvalue weighted by Gasteiger charge is -2.22. The van der Waals surface area contributed by atoms with Crippen LogP contribution in [0.15, 0.2) is 18.2 Å². The average molecular weight is 263 g/mol. The Hall–Kier alpha value is -2.04. The lowest BCUT2D eigenvalue weighted by molar-refractivity contribution is -0.118. The van der Waals surface area contributed by atoms with E-state index in [0.717, 1.165) is 18.4 Å². The van der Waals surface area contributed by atoms with Gasteiger partial charge < -0.3 is 16.4 Å².